The van der Waals surface area contributed by atoms with Crippen molar-refractivity contribution in [1.82, 2.24) is 4.90 Å². The van der Waals surface area contributed by atoms with Crippen LogP contribution in [0, 0.1) is 0 Å². The van der Waals surface area contributed by atoms with Crippen molar-refractivity contribution in [3.8, 4) is 0 Å². The summed E-state index contributed by atoms with van der Waals surface area (Å²) in [6.07, 6.45) is 1.65. The first kappa shape index (κ1) is 15.5. The van der Waals surface area contributed by atoms with Crippen LogP contribution in [-0.4, -0.2) is 52.4 Å². The van der Waals surface area contributed by atoms with Crippen LogP contribution in [0.15, 0.2) is 12.7 Å². The van der Waals surface area contributed by atoms with Gasteiger partial charge in [0.2, 0.25) is 11.8 Å². The summed E-state index contributed by atoms with van der Waals surface area (Å²) in [7, 11) is 0. The minimum absolute atomic E-state index is 0.160. The predicted molar refractivity (Wildman–Crippen MR) is 65.5 cm³/mol. The topological polar surface area (TPSA) is 101 Å². The maximum Gasteiger partial charge on any atom is 0.323 e. The van der Waals surface area contributed by atoms with Crippen molar-refractivity contribution >= 4 is 29.5 Å². The molecule has 3 N–H and O–H groups in total. The van der Waals surface area contributed by atoms with E-state index in [0.717, 1.165) is 0 Å². The Bertz CT molecular complexity index is 307. The largest absolute Gasteiger partial charge is 0.480 e. The second kappa shape index (κ2) is 8.63. The number of carboxylic acids is 1. The average molecular weight is 260 g/mol. The van der Waals surface area contributed by atoms with E-state index in [0.29, 0.717) is 5.75 Å². The van der Waals surface area contributed by atoms with E-state index in [4.69, 9.17) is 10.8 Å². The summed E-state index contributed by atoms with van der Waals surface area (Å²) < 4.78 is 0. The number of rotatable bonds is 9. The van der Waals surface area contributed by atoms with E-state index in [1.54, 1.807) is 0 Å². The van der Waals surface area contributed by atoms with Crippen LogP contribution in [0.3, 0.4) is 0 Å². The van der Waals surface area contributed by atoms with Crippen molar-refractivity contribution in [2.75, 3.05) is 24.6 Å². The molecule has 0 spiro atoms. The van der Waals surface area contributed by atoms with E-state index in [1.807, 2.05) is 0 Å². The maximum atomic E-state index is 11.6. The van der Waals surface area contributed by atoms with Gasteiger partial charge in [0.15, 0.2) is 0 Å². The molecule has 0 atom stereocenters. The molecule has 0 saturated heterocycles. The van der Waals surface area contributed by atoms with E-state index in [9.17, 15) is 14.4 Å². The molecule has 0 aliphatic carbocycles. The van der Waals surface area contributed by atoms with Crippen LogP contribution in [0.1, 0.15) is 6.42 Å². The lowest BCUT2D eigenvalue weighted by Gasteiger charge is -2.18. The van der Waals surface area contributed by atoms with Crippen LogP contribution in [-0.2, 0) is 14.4 Å². The van der Waals surface area contributed by atoms with Gasteiger partial charge in [0.1, 0.15) is 6.54 Å². The number of hydrogen-bond acceptors (Lipinski definition) is 4. The standard InChI is InChI=1S/C10H16N2O4S/c1-2-4-12(6-10(15)16)9(14)3-5-17-7-8(11)13/h2H,1,3-7H2,(H2,11,13)(H,15,16). The third-order valence-electron chi connectivity index (χ3n) is 1.73. The van der Waals surface area contributed by atoms with Crippen molar-refractivity contribution in [3.05, 3.63) is 12.7 Å². The molecular weight excluding hydrogens is 244 g/mol. The van der Waals surface area contributed by atoms with E-state index in [1.165, 1.54) is 22.7 Å². The van der Waals surface area contributed by atoms with Gasteiger partial charge in [-0.05, 0) is 0 Å². The molecule has 0 saturated carbocycles. The number of amides is 2. The van der Waals surface area contributed by atoms with Gasteiger partial charge in [0, 0.05) is 18.7 Å². The Morgan fingerprint density at radius 3 is 2.53 bits per heavy atom. The fourth-order valence-corrected chi connectivity index (χ4v) is 1.73. The first-order chi connectivity index (χ1) is 7.97. The number of primary amides is 1. The van der Waals surface area contributed by atoms with E-state index >= 15 is 0 Å². The third-order valence-corrected chi connectivity index (χ3v) is 2.71. The van der Waals surface area contributed by atoms with Crippen LogP contribution < -0.4 is 5.73 Å². The summed E-state index contributed by atoms with van der Waals surface area (Å²) in [6, 6.07) is 0. The summed E-state index contributed by atoms with van der Waals surface area (Å²) >= 11 is 1.25. The summed E-state index contributed by atoms with van der Waals surface area (Å²) in [4.78, 5) is 33.7. The lowest BCUT2D eigenvalue weighted by Crippen LogP contribution is -2.36. The molecule has 0 aliphatic heterocycles. The Labute approximate surface area is 104 Å². The summed E-state index contributed by atoms with van der Waals surface area (Å²) in [6.45, 7) is 3.31. The average Bonchev–Trinajstić information content (AvgIpc) is 2.22. The van der Waals surface area contributed by atoms with E-state index < -0.39 is 11.9 Å². The molecule has 96 valence electrons. The highest BCUT2D eigenvalue weighted by Gasteiger charge is 2.14. The SMILES string of the molecule is C=CCN(CC(=O)O)C(=O)CCSCC(N)=O. The van der Waals surface area contributed by atoms with Gasteiger partial charge < -0.3 is 15.7 Å². The molecular formula is C10H16N2O4S. The zero-order valence-electron chi connectivity index (χ0n) is 9.42. The van der Waals surface area contributed by atoms with Crippen molar-refractivity contribution in [1.29, 1.82) is 0 Å². The number of aliphatic carboxylic acids is 1. The Morgan fingerprint density at radius 1 is 1.41 bits per heavy atom. The third kappa shape index (κ3) is 8.32. The fourth-order valence-electron chi connectivity index (χ4n) is 1.06. The second-order valence-electron chi connectivity index (χ2n) is 3.23. The smallest absolute Gasteiger partial charge is 0.323 e. The molecule has 0 aromatic heterocycles. The van der Waals surface area contributed by atoms with Crippen molar-refractivity contribution in [2.24, 2.45) is 5.73 Å². The molecule has 0 unspecified atom stereocenters. The van der Waals surface area contributed by atoms with Gasteiger partial charge in [-0.15, -0.1) is 6.58 Å². The molecule has 17 heavy (non-hydrogen) atoms. The van der Waals surface area contributed by atoms with Gasteiger partial charge >= 0.3 is 5.97 Å². The minimum atomic E-state index is -1.06. The van der Waals surface area contributed by atoms with Gasteiger partial charge in [-0.1, -0.05) is 6.08 Å². The van der Waals surface area contributed by atoms with Gasteiger partial charge in [-0.3, -0.25) is 14.4 Å². The predicted octanol–water partition coefficient (Wildman–Crippen LogP) is -0.306. The number of nitrogens with zero attached hydrogens (tertiary/aromatic N) is 1. The Kier molecular flexibility index (Phi) is 7.87. The highest BCUT2D eigenvalue weighted by Crippen LogP contribution is 2.04. The van der Waals surface area contributed by atoms with Crippen LogP contribution in [0.4, 0.5) is 0 Å². The highest BCUT2D eigenvalue weighted by atomic mass is 32.2. The highest BCUT2D eigenvalue weighted by molar-refractivity contribution is 7.99. The molecule has 0 bridgehead atoms. The maximum absolute atomic E-state index is 11.6. The molecule has 0 aromatic carbocycles. The molecule has 6 nitrogen and oxygen atoms in total. The number of carboxylic acid groups (broad SMARTS) is 1. The molecule has 0 radical (unpaired) electrons. The lowest BCUT2D eigenvalue weighted by atomic mass is 10.3. The van der Waals surface area contributed by atoms with Gasteiger partial charge in [-0.2, -0.15) is 11.8 Å². The minimum Gasteiger partial charge on any atom is -0.480 e. The van der Waals surface area contributed by atoms with Crippen LogP contribution in [0.25, 0.3) is 0 Å². The summed E-state index contributed by atoms with van der Waals surface area (Å²) in [5.41, 5.74) is 4.94. The van der Waals surface area contributed by atoms with Gasteiger partial charge in [-0.25, -0.2) is 0 Å². The van der Waals surface area contributed by atoms with Crippen LogP contribution in [0.2, 0.25) is 0 Å². The molecule has 2 amide bonds. The van der Waals surface area contributed by atoms with Gasteiger partial charge in [0.25, 0.3) is 0 Å². The molecule has 0 aliphatic rings. The molecule has 0 heterocycles. The number of carbonyl (C=O) groups is 3. The molecule has 0 fully saturated rings. The second-order valence-corrected chi connectivity index (χ2v) is 4.33. The van der Waals surface area contributed by atoms with Crippen molar-refractivity contribution in [3.63, 3.8) is 0 Å². The fraction of sp³-hybridized carbons (Fsp3) is 0.500. The van der Waals surface area contributed by atoms with E-state index in [2.05, 4.69) is 6.58 Å². The van der Waals surface area contributed by atoms with Crippen LogP contribution >= 0.6 is 11.8 Å². The summed E-state index contributed by atoms with van der Waals surface area (Å²) in [5.74, 6) is -1.17. The molecule has 7 heteroatoms. The van der Waals surface area contributed by atoms with Crippen molar-refractivity contribution < 1.29 is 19.5 Å². The number of nitrogens with two attached hydrogens (primary N) is 1. The Morgan fingerprint density at radius 2 is 2.06 bits per heavy atom. The van der Waals surface area contributed by atoms with Gasteiger partial charge in [0.05, 0.1) is 5.75 Å². The Balaban J connectivity index is 4.00. The number of thioether (sulfide) groups is 1. The quantitative estimate of drug-likeness (QED) is 0.437. The number of hydrogen-bond donors (Lipinski definition) is 2. The molecule has 0 rings (SSSR count). The van der Waals surface area contributed by atoms with Crippen molar-refractivity contribution in [2.45, 2.75) is 6.42 Å². The Hall–Kier alpha value is -1.50. The summed E-state index contributed by atoms with van der Waals surface area (Å²) in [5, 5.41) is 8.61. The monoisotopic (exact) mass is 260 g/mol. The lowest BCUT2D eigenvalue weighted by molar-refractivity contribution is -0.143. The first-order valence-corrected chi connectivity index (χ1v) is 6.09. The first-order valence-electron chi connectivity index (χ1n) is 4.94. The normalized spacial score (nSPS) is 9.65. The van der Waals surface area contributed by atoms with Crippen LogP contribution in [0.5, 0.6) is 0 Å². The zero-order chi connectivity index (χ0) is 13.3. The van der Waals surface area contributed by atoms with E-state index in [-0.39, 0.29) is 31.2 Å². The molecule has 0 aromatic rings. The number of carbonyl (C=O) groups excluding carboxylic acids is 2. The zero-order valence-corrected chi connectivity index (χ0v) is 10.2.